The molecule has 2 unspecified atom stereocenters. The monoisotopic (exact) mass is 453 g/mol. The van der Waals surface area contributed by atoms with Crippen LogP contribution in [0.25, 0.3) is 0 Å². The van der Waals surface area contributed by atoms with Crippen LogP contribution in [0.4, 0.5) is 17.1 Å². The number of benzene rings is 2. The maximum Gasteiger partial charge on any atom is 0.273 e. The van der Waals surface area contributed by atoms with Gasteiger partial charge < -0.3 is 14.4 Å². The van der Waals surface area contributed by atoms with Crippen LogP contribution in [0.15, 0.2) is 36.4 Å². The number of nitrogens with zero attached hydrogens (tertiary/aromatic N) is 3. The Hall–Kier alpha value is -3.95. The Labute approximate surface area is 189 Å². The van der Waals surface area contributed by atoms with Crippen LogP contribution in [-0.4, -0.2) is 48.3 Å². The average Bonchev–Trinajstić information content (AvgIpc) is 2.79. The number of hydrogen-bond donors (Lipinski definition) is 0. The SMILES string of the molecule is CC(C)C1Oc2cc([N+](=O)[O-])ccc2N(C(C)C(=O)c2ccc3c(c2)N(C)C(=O)CO3)C1=O. The fraction of sp³-hybridized carbons (Fsp3) is 0.348. The average molecular weight is 453 g/mol. The molecule has 10 nitrogen and oxygen atoms in total. The van der Waals surface area contributed by atoms with E-state index in [1.165, 1.54) is 28.0 Å². The van der Waals surface area contributed by atoms with Crippen LogP contribution in [0.5, 0.6) is 11.5 Å². The van der Waals surface area contributed by atoms with Crippen molar-refractivity contribution in [1.82, 2.24) is 0 Å². The maximum atomic E-state index is 13.4. The minimum Gasteiger partial charge on any atom is -0.482 e. The number of amides is 2. The van der Waals surface area contributed by atoms with Gasteiger partial charge in [-0.05, 0) is 37.1 Å². The van der Waals surface area contributed by atoms with Gasteiger partial charge in [0, 0.05) is 18.7 Å². The lowest BCUT2D eigenvalue weighted by molar-refractivity contribution is -0.384. The van der Waals surface area contributed by atoms with Crippen LogP contribution in [0.1, 0.15) is 31.1 Å². The van der Waals surface area contributed by atoms with E-state index in [4.69, 9.17) is 9.47 Å². The number of carbonyl (C=O) groups excluding carboxylic acids is 3. The molecule has 0 saturated carbocycles. The van der Waals surface area contributed by atoms with E-state index < -0.39 is 23.0 Å². The molecule has 2 aromatic rings. The second-order valence-corrected chi connectivity index (χ2v) is 8.36. The molecule has 0 saturated heterocycles. The Balaban J connectivity index is 1.73. The molecule has 0 radical (unpaired) electrons. The molecular weight excluding hydrogens is 430 g/mol. The van der Waals surface area contributed by atoms with Crippen LogP contribution in [0.3, 0.4) is 0 Å². The van der Waals surface area contributed by atoms with Crippen molar-refractivity contribution in [2.24, 2.45) is 5.92 Å². The third kappa shape index (κ3) is 3.77. The molecule has 33 heavy (non-hydrogen) atoms. The number of ketones is 1. The first-order chi connectivity index (χ1) is 15.6. The summed E-state index contributed by atoms with van der Waals surface area (Å²) >= 11 is 0. The van der Waals surface area contributed by atoms with E-state index in [-0.39, 0.29) is 41.3 Å². The zero-order valence-corrected chi connectivity index (χ0v) is 18.6. The van der Waals surface area contributed by atoms with E-state index >= 15 is 0 Å². The van der Waals surface area contributed by atoms with E-state index in [0.29, 0.717) is 17.0 Å². The van der Waals surface area contributed by atoms with Gasteiger partial charge in [0.2, 0.25) is 0 Å². The summed E-state index contributed by atoms with van der Waals surface area (Å²) in [6, 6.07) is 7.79. The Bertz CT molecular complexity index is 1180. The van der Waals surface area contributed by atoms with E-state index in [9.17, 15) is 24.5 Å². The van der Waals surface area contributed by atoms with Crippen molar-refractivity contribution in [3.05, 3.63) is 52.1 Å². The van der Waals surface area contributed by atoms with E-state index in [2.05, 4.69) is 0 Å². The summed E-state index contributed by atoms with van der Waals surface area (Å²) in [5, 5.41) is 11.2. The molecule has 172 valence electrons. The predicted molar refractivity (Wildman–Crippen MR) is 119 cm³/mol. The number of ether oxygens (including phenoxy) is 2. The molecule has 0 bridgehead atoms. The molecule has 2 aliphatic heterocycles. The summed E-state index contributed by atoms with van der Waals surface area (Å²) in [6.45, 7) is 5.12. The summed E-state index contributed by atoms with van der Waals surface area (Å²) in [5.41, 5.74) is 0.882. The number of rotatable bonds is 5. The maximum absolute atomic E-state index is 13.4. The zero-order valence-electron chi connectivity index (χ0n) is 18.6. The molecule has 0 spiro atoms. The number of fused-ring (bicyclic) bond motifs is 2. The fourth-order valence-electron chi connectivity index (χ4n) is 3.96. The number of Topliss-reactive ketones (excluding diaryl/α,β-unsaturated/α-hetero) is 1. The molecular formula is C23H23N3O7. The van der Waals surface area contributed by atoms with Crippen LogP contribution in [0, 0.1) is 16.0 Å². The highest BCUT2D eigenvalue weighted by molar-refractivity contribution is 6.11. The van der Waals surface area contributed by atoms with Crippen LogP contribution < -0.4 is 19.3 Å². The minimum atomic E-state index is -0.925. The van der Waals surface area contributed by atoms with Gasteiger partial charge in [-0.15, -0.1) is 0 Å². The van der Waals surface area contributed by atoms with E-state index in [1.54, 1.807) is 46.0 Å². The van der Waals surface area contributed by atoms with E-state index in [0.717, 1.165) is 0 Å². The van der Waals surface area contributed by atoms with E-state index in [1.807, 2.05) is 0 Å². The number of nitro groups is 1. The van der Waals surface area contributed by atoms with Gasteiger partial charge in [0.25, 0.3) is 17.5 Å². The second-order valence-electron chi connectivity index (χ2n) is 8.36. The summed E-state index contributed by atoms with van der Waals surface area (Å²) in [7, 11) is 1.60. The van der Waals surface area contributed by atoms with Gasteiger partial charge >= 0.3 is 0 Å². The van der Waals surface area contributed by atoms with Gasteiger partial charge in [-0.25, -0.2) is 0 Å². The second kappa shape index (κ2) is 8.19. The predicted octanol–water partition coefficient (Wildman–Crippen LogP) is 2.97. The molecule has 2 atom stereocenters. The molecule has 4 rings (SSSR count). The lowest BCUT2D eigenvalue weighted by atomic mass is 9.97. The standard InChI is InChI=1S/C23H23N3O7/c1-12(2)22-23(29)25(16-7-6-15(26(30)31)10-19(16)33-22)13(3)21(28)14-5-8-18-17(9-14)24(4)20(27)11-32-18/h5-10,12-13,22H,11H2,1-4H3. The number of likely N-dealkylation sites (N-methyl/N-ethyl adjacent to an activating group) is 1. The van der Waals surface area contributed by atoms with Gasteiger partial charge in [-0.2, -0.15) is 0 Å². The largest absolute Gasteiger partial charge is 0.482 e. The molecule has 10 heteroatoms. The third-order valence-corrected chi connectivity index (χ3v) is 5.85. The molecule has 0 aromatic heterocycles. The fourth-order valence-corrected chi connectivity index (χ4v) is 3.96. The Morgan fingerprint density at radius 2 is 1.82 bits per heavy atom. The summed E-state index contributed by atoms with van der Waals surface area (Å²) in [4.78, 5) is 52.1. The molecule has 0 fully saturated rings. The molecule has 2 heterocycles. The van der Waals surface area contributed by atoms with Gasteiger partial charge in [-0.3, -0.25) is 29.4 Å². The number of non-ortho nitro benzene ring substituents is 1. The normalized spacial score (nSPS) is 18.3. The van der Waals surface area contributed by atoms with Gasteiger partial charge in [0.05, 0.1) is 28.4 Å². The number of anilines is 2. The molecule has 2 aromatic carbocycles. The first-order valence-electron chi connectivity index (χ1n) is 10.5. The van der Waals surface area contributed by atoms with Crippen molar-refractivity contribution in [2.75, 3.05) is 23.5 Å². The smallest absolute Gasteiger partial charge is 0.273 e. The quantitative estimate of drug-likeness (QED) is 0.388. The van der Waals surface area contributed by atoms with Crippen LogP contribution in [-0.2, 0) is 9.59 Å². The Kier molecular flexibility index (Phi) is 5.52. The van der Waals surface area contributed by atoms with Gasteiger partial charge in [-0.1, -0.05) is 13.8 Å². The first kappa shape index (κ1) is 22.3. The van der Waals surface area contributed by atoms with Crippen LogP contribution in [0.2, 0.25) is 0 Å². The summed E-state index contributed by atoms with van der Waals surface area (Å²) in [6.07, 6.45) is -0.893. The van der Waals surface area contributed by atoms with Crippen molar-refractivity contribution >= 4 is 34.7 Å². The summed E-state index contributed by atoms with van der Waals surface area (Å²) in [5.74, 6) is -0.561. The van der Waals surface area contributed by atoms with Crippen molar-refractivity contribution in [3.8, 4) is 11.5 Å². The Morgan fingerprint density at radius 3 is 2.48 bits per heavy atom. The van der Waals surface area contributed by atoms with Gasteiger partial charge in [0.1, 0.15) is 5.75 Å². The van der Waals surface area contributed by atoms with Crippen molar-refractivity contribution < 1.29 is 28.8 Å². The highest BCUT2D eigenvalue weighted by Crippen LogP contribution is 2.40. The minimum absolute atomic E-state index is 0.0744. The molecule has 0 N–H and O–H groups in total. The zero-order chi connectivity index (χ0) is 24.0. The lowest BCUT2D eigenvalue weighted by Gasteiger charge is -2.38. The highest BCUT2D eigenvalue weighted by atomic mass is 16.6. The molecule has 2 aliphatic rings. The van der Waals surface area contributed by atoms with Crippen molar-refractivity contribution in [3.63, 3.8) is 0 Å². The lowest BCUT2D eigenvalue weighted by Crippen LogP contribution is -2.54. The Morgan fingerprint density at radius 1 is 1.09 bits per heavy atom. The number of nitro benzene ring substituents is 1. The number of carbonyl (C=O) groups is 3. The highest BCUT2D eigenvalue weighted by Gasteiger charge is 2.41. The van der Waals surface area contributed by atoms with Crippen molar-refractivity contribution in [1.29, 1.82) is 0 Å². The molecule has 2 amide bonds. The van der Waals surface area contributed by atoms with Crippen molar-refractivity contribution in [2.45, 2.75) is 32.9 Å². The van der Waals surface area contributed by atoms with Crippen LogP contribution >= 0.6 is 0 Å². The number of hydrogen-bond acceptors (Lipinski definition) is 7. The summed E-state index contributed by atoms with van der Waals surface area (Å²) < 4.78 is 11.2. The molecule has 0 aliphatic carbocycles. The third-order valence-electron chi connectivity index (χ3n) is 5.85. The topological polar surface area (TPSA) is 119 Å². The van der Waals surface area contributed by atoms with Gasteiger partial charge in [0.15, 0.2) is 24.2 Å². The first-order valence-corrected chi connectivity index (χ1v) is 10.5.